The first-order valence-corrected chi connectivity index (χ1v) is 16.8. The van der Waals surface area contributed by atoms with Crippen molar-refractivity contribution >= 4 is 43.6 Å². The summed E-state index contributed by atoms with van der Waals surface area (Å²) in [6.45, 7) is 0. The second-order valence-corrected chi connectivity index (χ2v) is 12.5. The van der Waals surface area contributed by atoms with Gasteiger partial charge in [0.2, 0.25) is 5.95 Å². The molecule has 10 aromatic rings. The Hall–Kier alpha value is -6.85. The van der Waals surface area contributed by atoms with Gasteiger partial charge in [-0.1, -0.05) is 127 Å². The third-order valence-electron chi connectivity index (χ3n) is 9.60. The van der Waals surface area contributed by atoms with Gasteiger partial charge in [0.05, 0.1) is 51.0 Å². The van der Waals surface area contributed by atoms with Crippen molar-refractivity contribution in [2.24, 2.45) is 0 Å². The monoisotopic (exact) mass is 639 g/mol. The summed E-state index contributed by atoms with van der Waals surface area (Å²) in [5, 5.41) is 4.70. The van der Waals surface area contributed by atoms with Gasteiger partial charge in [-0.25, -0.2) is 9.97 Å². The van der Waals surface area contributed by atoms with Crippen LogP contribution in [0.5, 0.6) is 0 Å². The van der Waals surface area contributed by atoms with Gasteiger partial charge in [-0.3, -0.25) is 9.55 Å². The van der Waals surface area contributed by atoms with Gasteiger partial charge in [-0.2, -0.15) is 0 Å². The Balaban J connectivity index is 1.26. The van der Waals surface area contributed by atoms with Crippen molar-refractivity contribution in [3.05, 3.63) is 176 Å². The van der Waals surface area contributed by atoms with Crippen LogP contribution in [0.3, 0.4) is 0 Å². The Morgan fingerprint density at radius 1 is 0.340 bits per heavy atom. The number of para-hydroxylation sites is 2. The highest BCUT2D eigenvalue weighted by molar-refractivity contribution is 6.19. The molecule has 234 valence electrons. The van der Waals surface area contributed by atoms with E-state index in [-0.39, 0.29) is 0 Å². The average molecular weight is 640 g/mol. The van der Waals surface area contributed by atoms with Crippen LogP contribution in [0.2, 0.25) is 0 Å². The smallest absolute Gasteiger partial charge is 0.235 e. The van der Waals surface area contributed by atoms with Crippen molar-refractivity contribution in [1.29, 1.82) is 0 Å². The molecular weight excluding hydrogens is 611 g/mol. The molecule has 0 bridgehead atoms. The Morgan fingerprint density at radius 2 is 0.820 bits per heavy atom. The molecule has 5 nitrogen and oxygen atoms in total. The lowest BCUT2D eigenvalue weighted by Crippen LogP contribution is -2.04. The highest BCUT2D eigenvalue weighted by atomic mass is 15.2. The molecular formula is C45H29N5. The van der Waals surface area contributed by atoms with Crippen molar-refractivity contribution < 1.29 is 0 Å². The summed E-state index contributed by atoms with van der Waals surface area (Å²) >= 11 is 0. The molecule has 0 fully saturated rings. The van der Waals surface area contributed by atoms with Gasteiger partial charge >= 0.3 is 0 Å². The maximum Gasteiger partial charge on any atom is 0.235 e. The van der Waals surface area contributed by atoms with Crippen LogP contribution < -0.4 is 0 Å². The van der Waals surface area contributed by atoms with Crippen molar-refractivity contribution in [2.45, 2.75) is 0 Å². The fourth-order valence-electron chi connectivity index (χ4n) is 7.27. The number of benzene rings is 6. The highest BCUT2D eigenvalue weighted by Gasteiger charge is 2.20. The average Bonchev–Trinajstić information content (AvgIpc) is 3.70. The first kappa shape index (κ1) is 28.2. The lowest BCUT2D eigenvalue weighted by atomic mass is 10.1. The Kier molecular flexibility index (Phi) is 6.42. The van der Waals surface area contributed by atoms with Gasteiger partial charge in [-0.15, -0.1) is 0 Å². The van der Waals surface area contributed by atoms with E-state index in [1.165, 1.54) is 10.8 Å². The van der Waals surface area contributed by atoms with Crippen LogP contribution in [0.4, 0.5) is 0 Å². The van der Waals surface area contributed by atoms with Crippen LogP contribution in [-0.4, -0.2) is 24.1 Å². The van der Waals surface area contributed by atoms with Crippen molar-refractivity contribution in [2.75, 3.05) is 0 Å². The predicted molar refractivity (Wildman–Crippen MR) is 205 cm³/mol. The van der Waals surface area contributed by atoms with E-state index in [4.69, 9.17) is 15.0 Å². The van der Waals surface area contributed by atoms with Crippen LogP contribution in [0.15, 0.2) is 176 Å². The molecule has 6 aromatic carbocycles. The van der Waals surface area contributed by atoms with Crippen molar-refractivity contribution in [3.8, 4) is 45.4 Å². The maximum absolute atomic E-state index is 5.25. The minimum absolute atomic E-state index is 0.632. The van der Waals surface area contributed by atoms with Crippen molar-refractivity contribution in [3.63, 3.8) is 0 Å². The zero-order chi connectivity index (χ0) is 33.0. The zero-order valence-corrected chi connectivity index (χ0v) is 27.0. The van der Waals surface area contributed by atoms with Crippen LogP contribution >= 0.6 is 0 Å². The lowest BCUT2D eigenvalue weighted by molar-refractivity contribution is 0.995. The summed E-state index contributed by atoms with van der Waals surface area (Å²) in [5.41, 5.74) is 11.2. The SMILES string of the molecule is c1ccc(-c2ccc(-n3c4ccccc4c4cc5c6ccccc6n(-c6nc(-c7ccccc7)cc(-c7ccccc7)n6)c5cc43)cn2)cc1. The first-order chi connectivity index (χ1) is 24.8. The van der Waals surface area contributed by atoms with Crippen LogP contribution in [0.1, 0.15) is 0 Å². The molecule has 0 aliphatic heterocycles. The van der Waals surface area contributed by atoms with E-state index < -0.39 is 0 Å². The number of hydrogen-bond acceptors (Lipinski definition) is 3. The normalized spacial score (nSPS) is 11.6. The molecule has 4 aromatic heterocycles. The maximum atomic E-state index is 5.25. The third-order valence-corrected chi connectivity index (χ3v) is 9.60. The standard InChI is InChI=1S/C45H29N5/c1-4-14-30(15-5-1)38-25-24-33(29-46-38)49-41-22-12-10-20-34(41)36-26-37-35-21-11-13-23-42(35)50(44(37)28-43(36)49)45-47-39(31-16-6-2-7-17-31)27-40(48-45)32-18-8-3-9-19-32/h1-29H. The van der Waals surface area contributed by atoms with Gasteiger partial charge in [0, 0.05) is 38.2 Å². The Bertz CT molecular complexity index is 2780. The molecule has 0 aliphatic rings. The fraction of sp³-hybridized carbons (Fsp3) is 0. The number of fused-ring (bicyclic) bond motifs is 6. The van der Waals surface area contributed by atoms with E-state index in [0.717, 1.165) is 72.3 Å². The van der Waals surface area contributed by atoms with Gasteiger partial charge in [0.1, 0.15) is 0 Å². The lowest BCUT2D eigenvalue weighted by Gasteiger charge is -2.12. The molecule has 10 rings (SSSR count). The zero-order valence-electron chi connectivity index (χ0n) is 27.0. The van der Waals surface area contributed by atoms with Gasteiger partial charge < -0.3 is 4.57 Å². The molecule has 0 saturated heterocycles. The van der Waals surface area contributed by atoms with E-state index in [2.05, 4.69) is 149 Å². The molecule has 0 unspecified atom stereocenters. The summed E-state index contributed by atoms with van der Waals surface area (Å²) in [4.78, 5) is 15.4. The Morgan fingerprint density at radius 3 is 1.36 bits per heavy atom. The minimum Gasteiger partial charge on any atom is -0.308 e. The second kappa shape index (κ2) is 11.4. The number of rotatable bonds is 5. The molecule has 50 heavy (non-hydrogen) atoms. The summed E-state index contributed by atoms with van der Waals surface area (Å²) in [5.74, 6) is 0.632. The van der Waals surface area contributed by atoms with Gasteiger partial charge in [0.15, 0.2) is 0 Å². The summed E-state index contributed by atoms with van der Waals surface area (Å²) in [7, 11) is 0. The van der Waals surface area contributed by atoms with E-state index >= 15 is 0 Å². The molecule has 0 radical (unpaired) electrons. The summed E-state index contributed by atoms with van der Waals surface area (Å²) in [6.07, 6.45) is 1.98. The topological polar surface area (TPSA) is 48.5 Å². The largest absolute Gasteiger partial charge is 0.308 e. The van der Waals surface area contributed by atoms with Crippen molar-refractivity contribution in [1.82, 2.24) is 24.1 Å². The molecule has 4 heterocycles. The summed E-state index contributed by atoms with van der Waals surface area (Å²) in [6, 6.07) is 59.2. The highest BCUT2D eigenvalue weighted by Crippen LogP contribution is 2.39. The second-order valence-electron chi connectivity index (χ2n) is 12.5. The number of aromatic nitrogens is 5. The third kappa shape index (κ3) is 4.52. The molecule has 0 saturated carbocycles. The van der Waals surface area contributed by atoms with Gasteiger partial charge in [-0.05, 0) is 42.5 Å². The molecule has 0 N–H and O–H groups in total. The number of hydrogen-bond donors (Lipinski definition) is 0. The molecule has 0 atom stereocenters. The quantitative estimate of drug-likeness (QED) is 0.188. The molecule has 0 amide bonds. The van der Waals surface area contributed by atoms with E-state index in [9.17, 15) is 0 Å². The summed E-state index contributed by atoms with van der Waals surface area (Å²) < 4.78 is 4.55. The van der Waals surface area contributed by atoms with Crippen LogP contribution in [0, 0.1) is 0 Å². The van der Waals surface area contributed by atoms with E-state index in [1.807, 2.05) is 36.5 Å². The molecule has 0 spiro atoms. The predicted octanol–water partition coefficient (Wildman–Crippen LogP) is 11.1. The molecule has 0 aliphatic carbocycles. The number of pyridine rings is 1. The van der Waals surface area contributed by atoms with Crippen LogP contribution in [0.25, 0.3) is 89.0 Å². The Labute approximate surface area is 288 Å². The van der Waals surface area contributed by atoms with Gasteiger partial charge in [0.25, 0.3) is 0 Å². The van der Waals surface area contributed by atoms with Crippen LogP contribution in [-0.2, 0) is 0 Å². The minimum atomic E-state index is 0.632. The first-order valence-electron chi connectivity index (χ1n) is 16.8. The number of nitrogens with zero attached hydrogens (tertiary/aromatic N) is 5. The van der Waals surface area contributed by atoms with E-state index in [1.54, 1.807) is 0 Å². The fourth-order valence-corrected chi connectivity index (χ4v) is 7.27. The van der Waals surface area contributed by atoms with E-state index in [0.29, 0.717) is 5.95 Å². The molecule has 5 heteroatoms.